The van der Waals surface area contributed by atoms with E-state index in [0.717, 1.165) is 38.2 Å². The number of hydrogen-bond acceptors (Lipinski definition) is 3. The maximum Gasteiger partial charge on any atom is 0.103 e. The molecule has 0 bridgehead atoms. The van der Waals surface area contributed by atoms with E-state index in [1.165, 1.54) is 0 Å². The lowest BCUT2D eigenvalue weighted by Gasteiger charge is -2.23. The van der Waals surface area contributed by atoms with Crippen molar-refractivity contribution in [2.45, 2.75) is 18.9 Å². The molecule has 1 unspecified atom stereocenters. The Morgan fingerprint density at radius 2 is 2.46 bits per heavy atom. The first-order valence-corrected chi connectivity index (χ1v) is 4.91. The minimum atomic E-state index is 0.610. The molecule has 0 amide bonds. The minimum Gasteiger partial charge on any atom is -0.469 e. The summed E-state index contributed by atoms with van der Waals surface area (Å²) in [6.07, 6.45) is 3.93. The van der Waals surface area contributed by atoms with Gasteiger partial charge in [-0.15, -0.1) is 0 Å². The van der Waals surface area contributed by atoms with Gasteiger partial charge in [-0.05, 0) is 18.6 Å². The molecule has 0 saturated carbocycles. The summed E-state index contributed by atoms with van der Waals surface area (Å²) in [7, 11) is 0. The minimum absolute atomic E-state index is 0.610. The molecule has 1 atom stereocenters. The second kappa shape index (κ2) is 4.44. The number of rotatable bonds is 3. The van der Waals surface area contributed by atoms with Crippen molar-refractivity contribution in [1.29, 1.82) is 0 Å². The fourth-order valence-corrected chi connectivity index (χ4v) is 1.69. The van der Waals surface area contributed by atoms with E-state index in [0.29, 0.717) is 6.04 Å². The zero-order valence-electron chi connectivity index (χ0n) is 7.75. The number of hydrogen-bond donors (Lipinski definition) is 2. The predicted octanol–water partition coefficient (Wildman–Crippen LogP) is 0.774. The van der Waals surface area contributed by atoms with Crippen LogP contribution in [-0.4, -0.2) is 25.7 Å². The zero-order valence-corrected chi connectivity index (χ0v) is 7.75. The van der Waals surface area contributed by atoms with Gasteiger partial charge in [0.25, 0.3) is 0 Å². The van der Waals surface area contributed by atoms with Gasteiger partial charge < -0.3 is 15.1 Å². The van der Waals surface area contributed by atoms with Crippen LogP contribution in [0.3, 0.4) is 0 Å². The standard InChI is InChI=1S/C10H16N2O/c1-2-10(13-7-1)4-3-9-8-11-5-6-12-9/h1-2,7,9,11-12H,3-6,8H2. The molecule has 1 saturated heterocycles. The maximum atomic E-state index is 5.28. The average molecular weight is 180 g/mol. The molecule has 1 aliphatic rings. The molecule has 1 fully saturated rings. The molecular formula is C10H16N2O. The van der Waals surface area contributed by atoms with Crippen LogP contribution < -0.4 is 10.6 Å². The van der Waals surface area contributed by atoms with Gasteiger partial charge in [0.1, 0.15) is 5.76 Å². The van der Waals surface area contributed by atoms with Crippen molar-refractivity contribution in [1.82, 2.24) is 10.6 Å². The Morgan fingerprint density at radius 3 is 3.15 bits per heavy atom. The number of aryl methyl sites for hydroxylation is 1. The first-order valence-electron chi connectivity index (χ1n) is 4.91. The Hall–Kier alpha value is -0.800. The van der Waals surface area contributed by atoms with Crippen molar-refractivity contribution in [3.8, 4) is 0 Å². The quantitative estimate of drug-likeness (QED) is 0.721. The maximum absolute atomic E-state index is 5.28. The SMILES string of the molecule is c1coc(CCC2CNCCN2)c1. The van der Waals surface area contributed by atoms with E-state index in [-0.39, 0.29) is 0 Å². The molecule has 1 aromatic rings. The van der Waals surface area contributed by atoms with Crippen molar-refractivity contribution >= 4 is 0 Å². The van der Waals surface area contributed by atoms with Crippen LogP contribution in [0.5, 0.6) is 0 Å². The second-order valence-corrected chi connectivity index (χ2v) is 3.47. The second-order valence-electron chi connectivity index (χ2n) is 3.47. The van der Waals surface area contributed by atoms with Crippen LogP contribution in [0.25, 0.3) is 0 Å². The lowest BCUT2D eigenvalue weighted by molar-refractivity contribution is 0.386. The summed E-state index contributed by atoms with van der Waals surface area (Å²) in [6, 6.07) is 4.59. The number of piperazine rings is 1. The van der Waals surface area contributed by atoms with Gasteiger partial charge in [0.05, 0.1) is 6.26 Å². The van der Waals surface area contributed by atoms with E-state index in [9.17, 15) is 0 Å². The summed E-state index contributed by atoms with van der Waals surface area (Å²) < 4.78 is 5.28. The first kappa shape index (κ1) is 8.78. The molecule has 2 heterocycles. The van der Waals surface area contributed by atoms with Gasteiger partial charge in [-0.25, -0.2) is 0 Å². The third-order valence-electron chi connectivity index (χ3n) is 2.44. The molecule has 0 spiro atoms. The van der Waals surface area contributed by atoms with Crippen molar-refractivity contribution < 1.29 is 4.42 Å². The van der Waals surface area contributed by atoms with Gasteiger partial charge >= 0.3 is 0 Å². The van der Waals surface area contributed by atoms with Crippen molar-refractivity contribution in [2.24, 2.45) is 0 Å². The van der Waals surface area contributed by atoms with Crippen LogP contribution in [0.2, 0.25) is 0 Å². The van der Waals surface area contributed by atoms with Crippen LogP contribution in [0, 0.1) is 0 Å². The van der Waals surface area contributed by atoms with Crippen LogP contribution in [0.1, 0.15) is 12.2 Å². The average Bonchev–Trinajstić information content (AvgIpc) is 2.69. The molecule has 0 radical (unpaired) electrons. The van der Waals surface area contributed by atoms with E-state index in [1.54, 1.807) is 6.26 Å². The molecule has 1 aromatic heterocycles. The van der Waals surface area contributed by atoms with E-state index < -0.39 is 0 Å². The van der Waals surface area contributed by atoms with Crippen molar-refractivity contribution in [3.63, 3.8) is 0 Å². The Morgan fingerprint density at radius 1 is 1.46 bits per heavy atom. The molecule has 2 N–H and O–H groups in total. The van der Waals surface area contributed by atoms with Gasteiger partial charge in [0.2, 0.25) is 0 Å². The lowest BCUT2D eigenvalue weighted by Crippen LogP contribution is -2.48. The summed E-state index contributed by atoms with van der Waals surface area (Å²) >= 11 is 0. The predicted molar refractivity (Wildman–Crippen MR) is 51.7 cm³/mol. The molecule has 0 aliphatic carbocycles. The summed E-state index contributed by atoms with van der Waals surface area (Å²) in [5.74, 6) is 1.09. The summed E-state index contributed by atoms with van der Waals surface area (Å²) in [6.45, 7) is 3.26. The first-order chi connectivity index (χ1) is 6.45. The van der Waals surface area contributed by atoms with E-state index in [2.05, 4.69) is 10.6 Å². The van der Waals surface area contributed by atoms with E-state index >= 15 is 0 Å². The highest BCUT2D eigenvalue weighted by Gasteiger charge is 2.11. The fourth-order valence-electron chi connectivity index (χ4n) is 1.69. The number of nitrogens with one attached hydrogen (secondary N) is 2. The van der Waals surface area contributed by atoms with Crippen molar-refractivity contribution in [2.75, 3.05) is 19.6 Å². The molecule has 3 heteroatoms. The summed E-state index contributed by atoms with van der Waals surface area (Å²) in [5, 5.41) is 6.85. The van der Waals surface area contributed by atoms with E-state index in [1.807, 2.05) is 12.1 Å². The molecule has 0 aromatic carbocycles. The molecule has 1 aliphatic heterocycles. The van der Waals surface area contributed by atoms with Crippen molar-refractivity contribution in [3.05, 3.63) is 24.2 Å². The van der Waals surface area contributed by atoms with Gasteiger partial charge in [-0.3, -0.25) is 0 Å². The van der Waals surface area contributed by atoms with Crippen LogP contribution in [0.4, 0.5) is 0 Å². The summed E-state index contributed by atoms with van der Waals surface area (Å²) in [5.41, 5.74) is 0. The highest BCUT2D eigenvalue weighted by Crippen LogP contribution is 2.06. The Kier molecular flexibility index (Phi) is 3.00. The monoisotopic (exact) mass is 180 g/mol. The number of furan rings is 1. The molecule has 2 rings (SSSR count). The van der Waals surface area contributed by atoms with Crippen LogP contribution >= 0.6 is 0 Å². The Labute approximate surface area is 78.5 Å². The smallest absolute Gasteiger partial charge is 0.103 e. The normalized spacial score (nSPS) is 23.2. The van der Waals surface area contributed by atoms with Crippen LogP contribution in [-0.2, 0) is 6.42 Å². The molecule has 13 heavy (non-hydrogen) atoms. The molecular weight excluding hydrogens is 164 g/mol. The van der Waals surface area contributed by atoms with E-state index in [4.69, 9.17) is 4.42 Å². The van der Waals surface area contributed by atoms with Gasteiger partial charge in [0.15, 0.2) is 0 Å². The molecule has 72 valence electrons. The zero-order chi connectivity index (χ0) is 8.93. The van der Waals surface area contributed by atoms with Gasteiger partial charge in [0, 0.05) is 32.1 Å². The fraction of sp³-hybridized carbons (Fsp3) is 0.600. The van der Waals surface area contributed by atoms with Gasteiger partial charge in [-0.1, -0.05) is 0 Å². The molecule has 3 nitrogen and oxygen atoms in total. The highest BCUT2D eigenvalue weighted by molar-refractivity contribution is 4.98. The third kappa shape index (κ3) is 2.57. The Bertz CT molecular complexity index is 227. The third-order valence-corrected chi connectivity index (χ3v) is 2.44. The summed E-state index contributed by atoms with van der Waals surface area (Å²) in [4.78, 5) is 0. The van der Waals surface area contributed by atoms with Gasteiger partial charge in [-0.2, -0.15) is 0 Å². The van der Waals surface area contributed by atoms with Crippen LogP contribution in [0.15, 0.2) is 22.8 Å². The largest absolute Gasteiger partial charge is 0.469 e. The topological polar surface area (TPSA) is 37.2 Å². The highest BCUT2D eigenvalue weighted by atomic mass is 16.3. The Balaban J connectivity index is 1.72. The lowest BCUT2D eigenvalue weighted by atomic mass is 10.1.